The summed E-state index contributed by atoms with van der Waals surface area (Å²) < 4.78 is 11.7. The first kappa shape index (κ1) is 20.2. The standard InChI is InChI=1S/C20H36O3/c1-9-10-11-22-17-13-15(18(21)23-20(6,7)8)12-16(17)14(2)19(3,4)5/h15-17H,2,9-13H2,1,3-8H3/t15-,16+,17-/m0/s1. The van der Waals surface area contributed by atoms with E-state index in [0.717, 1.165) is 32.3 Å². The maximum absolute atomic E-state index is 12.4. The third-order valence-electron chi connectivity index (χ3n) is 4.48. The van der Waals surface area contributed by atoms with E-state index < -0.39 is 5.60 Å². The molecule has 1 aliphatic rings. The summed E-state index contributed by atoms with van der Waals surface area (Å²) in [5, 5.41) is 0. The molecule has 3 atom stereocenters. The number of carbonyl (C=O) groups is 1. The molecule has 1 fully saturated rings. The first-order valence-corrected chi connectivity index (χ1v) is 8.99. The van der Waals surface area contributed by atoms with Gasteiger partial charge in [-0.25, -0.2) is 0 Å². The zero-order valence-electron chi connectivity index (χ0n) is 16.2. The first-order valence-electron chi connectivity index (χ1n) is 8.99. The van der Waals surface area contributed by atoms with Gasteiger partial charge in [0.15, 0.2) is 0 Å². The van der Waals surface area contributed by atoms with Crippen molar-refractivity contribution in [1.82, 2.24) is 0 Å². The van der Waals surface area contributed by atoms with E-state index in [1.54, 1.807) is 0 Å². The Hall–Kier alpha value is -0.830. The van der Waals surface area contributed by atoms with Crippen molar-refractivity contribution in [1.29, 1.82) is 0 Å². The van der Waals surface area contributed by atoms with E-state index in [-0.39, 0.29) is 29.3 Å². The van der Waals surface area contributed by atoms with Crippen LogP contribution >= 0.6 is 0 Å². The van der Waals surface area contributed by atoms with Crippen molar-refractivity contribution < 1.29 is 14.3 Å². The summed E-state index contributed by atoms with van der Waals surface area (Å²) in [6.45, 7) is 19.5. The maximum Gasteiger partial charge on any atom is 0.309 e. The van der Waals surface area contributed by atoms with E-state index in [9.17, 15) is 4.79 Å². The maximum atomic E-state index is 12.4. The van der Waals surface area contributed by atoms with Gasteiger partial charge >= 0.3 is 5.97 Å². The van der Waals surface area contributed by atoms with Crippen LogP contribution in [0.1, 0.15) is 74.1 Å². The van der Waals surface area contributed by atoms with Crippen LogP contribution in [0.4, 0.5) is 0 Å². The first-order chi connectivity index (χ1) is 10.5. The van der Waals surface area contributed by atoms with Crippen LogP contribution in [-0.4, -0.2) is 24.3 Å². The topological polar surface area (TPSA) is 35.5 Å². The van der Waals surface area contributed by atoms with Crippen molar-refractivity contribution in [3.8, 4) is 0 Å². The van der Waals surface area contributed by atoms with Crippen molar-refractivity contribution in [2.45, 2.75) is 85.9 Å². The van der Waals surface area contributed by atoms with E-state index >= 15 is 0 Å². The summed E-state index contributed by atoms with van der Waals surface area (Å²) in [5.41, 5.74) is 0.777. The Morgan fingerprint density at radius 1 is 1.13 bits per heavy atom. The van der Waals surface area contributed by atoms with Crippen molar-refractivity contribution in [2.24, 2.45) is 17.3 Å². The van der Waals surface area contributed by atoms with Gasteiger partial charge in [0.1, 0.15) is 5.60 Å². The number of hydrogen-bond donors (Lipinski definition) is 0. The molecular formula is C20H36O3. The fourth-order valence-electron chi connectivity index (χ4n) is 3.06. The lowest BCUT2D eigenvalue weighted by molar-refractivity contribution is -0.160. The molecule has 3 heteroatoms. The van der Waals surface area contributed by atoms with Gasteiger partial charge in [-0.05, 0) is 45.4 Å². The molecule has 0 unspecified atom stereocenters. The molecule has 1 rings (SSSR count). The highest BCUT2D eigenvalue weighted by atomic mass is 16.6. The second kappa shape index (κ2) is 7.83. The minimum absolute atomic E-state index is 0.0276. The Morgan fingerprint density at radius 3 is 2.22 bits per heavy atom. The smallest absolute Gasteiger partial charge is 0.309 e. The molecule has 0 spiro atoms. The molecule has 3 nitrogen and oxygen atoms in total. The SMILES string of the molecule is C=C([C@H]1C[C@H](C(=O)OC(C)(C)C)C[C@@H]1OCCCC)C(C)(C)C. The average Bonchev–Trinajstić information content (AvgIpc) is 2.79. The minimum Gasteiger partial charge on any atom is -0.460 e. The summed E-state index contributed by atoms with van der Waals surface area (Å²) in [7, 11) is 0. The van der Waals surface area contributed by atoms with Crippen LogP contribution in [0.3, 0.4) is 0 Å². The molecule has 1 aliphatic carbocycles. The molecule has 0 amide bonds. The molecule has 0 aromatic heterocycles. The molecular weight excluding hydrogens is 288 g/mol. The zero-order valence-corrected chi connectivity index (χ0v) is 16.2. The molecule has 0 saturated heterocycles. The summed E-state index contributed by atoms with van der Waals surface area (Å²) in [6, 6.07) is 0. The summed E-state index contributed by atoms with van der Waals surface area (Å²) in [6.07, 6.45) is 3.81. The van der Waals surface area contributed by atoms with Gasteiger partial charge in [-0.15, -0.1) is 0 Å². The van der Waals surface area contributed by atoms with Crippen molar-refractivity contribution in [3.63, 3.8) is 0 Å². The van der Waals surface area contributed by atoms with Crippen LogP contribution in [-0.2, 0) is 14.3 Å². The molecule has 0 aromatic rings. The number of ether oxygens (including phenoxy) is 2. The minimum atomic E-state index is -0.436. The van der Waals surface area contributed by atoms with E-state index in [1.165, 1.54) is 5.57 Å². The number of unbranched alkanes of at least 4 members (excludes halogenated alkanes) is 1. The highest BCUT2D eigenvalue weighted by Crippen LogP contribution is 2.44. The van der Waals surface area contributed by atoms with Crippen LogP contribution in [0.25, 0.3) is 0 Å². The molecule has 134 valence electrons. The van der Waals surface area contributed by atoms with E-state index in [0.29, 0.717) is 0 Å². The molecule has 1 saturated carbocycles. The summed E-state index contributed by atoms with van der Waals surface area (Å²) >= 11 is 0. The number of carbonyl (C=O) groups excluding carboxylic acids is 1. The van der Waals surface area contributed by atoms with Gasteiger partial charge in [-0.2, -0.15) is 0 Å². The lowest BCUT2D eigenvalue weighted by Gasteiger charge is -2.31. The van der Waals surface area contributed by atoms with E-state index in [2.05, 4.69) is 34.3 Å². The number of rotatable bonds is 6. The Balaban J connectivity index is 2.80. The quantitative estimate of drug-likeness (QED) is 0.385. The highest BCUT2D eigenvalue weighted by molar-refractivity contribution is 5.73. The van der Waals surface area contributed by atoms with Crippen molar-refractivity contribution in [3.05, 3.63) is 12.2 Å². The van der Waals surface area contributed by atoms with Crippen LogP contribution in [0.2, 0.25) is 0 Å². The fourth-order valence-corrected chi connectivity index (χ4v) is 3.06. The Morgan fingerprint density at radius 2 is 1.74 bits per heavy atom. The van der Waals surface area contributed by atoms with Crippen LogP contribution in [0.5, 0.6) is 0 Å². The van der Waals surface area contributed by atoms with Crippen molar-refractivity contribution >= 4 is 5.97 Å². The molecule has 0 aliphatic heterocycles. The molecule has 0 N–H and O–H groups in total. The molecule has 0 aromatic carbocycles. The predicted octanol–water partition coefficient (Wildman–Crippen LogP) is 5.14. The van der Waals surface area contributed by atoms with Gasteiger partial charge in [-0.1, -0.05) is 46.3 Å². The zero-order chi connectivity index (χ0) is 17.8. The van der Waals surface area contributed by atoms with Gasteiger partial charge in [0, 0.05) is 12.5 Å². The summed E-state index contributed by atoms with van der Waals surface area (Å²) in [4.78, 5) is 12.4. The van der Waals surface area contributed by atoms with Gasteiger partial charge in [-0.3, -0.25) is 4.79 Å². The van der Waals surface area contributed by atoms with Gasteiger partial charge in [0.05, 0.1) is 12.0 Å². The molecule has 0 radical (unpaired) electrons. The largest absolute Gasteiger partial charge is 0.460 e. The Bertz CT molecular complexity index is 412. The molecule has 0 bridgehead atoms. The number of esters is 1. The Kier molecular flexibility index (Phi) is 6.88. The number of hydrogen-bond acceptors (Lipinski definition) is 3. The third-order valence-corrected chi connectivity index (χ3v) is 4.48. The monoisotopic (exact) mass is 324 g/mol. The van der Waals surface area contributed by atoms with Crippen LogP contribution < -0.4 is 0 Å². The third kappa shape index (κ3) is 6.29. The summed E-state index contributed by atoms with van der Waals surface area (Å²) in [5.74, 6) is 0.0696. The lowest BCUT2D eigenvalue weighted by Crippen LogP contribution is -2.28. The highest BCUT2D eigenvalue weighted by Gasteiger charge is 2.43. The van der Waals surface area contributed by atoms with Crippen molar-refractivity contribution in [2.75, 3.05) is 6.61 Å². The van der Waals surface area contributed by atoms with Gasteiger partial charge < -0.3 is 9.47 Å². The van der Waals surface area contributed by atoms with E-state index in [1.807, 2.05) is 20.8 Å². The van der Waals surface area contributed by atoms with E-state index in [4.69, 9.17) is 9.47 Å². The van der Waals surface area contributed by atoms with Gasteiger partial charge in [0.25, 0.3) is 0 Å². The second-order valence-corrected chi connectivity index (χ2v) is 8.85. The second-order valence-electron chi connectivity index (χ2n) is 8.85. The Labute approximate surface area is 142 Å². The molecule has 23 heavy (non-hydrogen) atoms. The normalized spacial score (nSPS) is 25.4. The average molecular weight is 325 g/mol. The van der Waals surface area contributed by atoms with Crippen LogP contribution in [0, 0.1) is 17.3 Å². The van der Waals surface area contributed by atoms with Gasteiger partial charge in [0.2, 0.25) is 0 Å². The molecule has 0 heterocycles. The van der Waals surface area contributed by atoms with Crippen LogP contribution in [0.15, 0.2) is 12.2 Å². The predicted molar refractivity (Wildman–Crippen MR) is 95.3 cm³/mol. The lowest BCUT2D eigenvalue weighted by atomic mass is 9.78. The fraction of sp³-hybridized carbons (Fsp3) is 0.850.